The SMILES string of the molecule is CC[C@@H](C(=O)NC(C)(C)C)N(Cc1ccccc1C)C(=O)CN(c1cc(C(F)(F)F)ccc1Cl)S(=O)(=O)c1ccccc1. The van der Waals surface area contributed by atoms with Crippen molar-refractivity contribution in [1.82, 2.24) is 10.2 Å². The van der Waals surface area contributed by atoms with Crippen LogP contribution in [-0.2, 0) is 32.3 Å². The summed E-state index contributed by atoms with van der Waals surface area (Å²) in [6.45, 7) is 7.95. The third-order valence-electron chi connectivity index (χ3n) is 6.64. The van der Waals surface area contributed by atoms with E-state index in [0.717, 1.165) is 17.7 Å². The maximum absolute atomic E-state index is 14.2. The number of hydrogen-bond acceptors (Lipinski definition) is 4. The number of carbonyl (C=O) groups excluding carboxylic acids is 2. The van der Waals surface area contributed by atoms with Crippen LogP contribution in [0, 0.1) is 6.92 Å². The third-order valence-corrected chi connectivity index (χ3v) is 8.73. The second kappa shape index (κ2) is 13.4. The van der Waals surface area contributed by atoms with E-state index in [4.69, 9.17) is 11.6 Å². The zero-order valence-corrected chi connectivity index (χ0v) is 26.1. The molecule has 0 heterocycles. The highest BCUT2D eigenvalue weighted by atomic mass is 35.5. The number of alkyl halides is 3. The quantitative estimate of drug-likeness (QED) is 0.272. The lowest BCUT2D eigenvalue weighted by Gasteiger charge is -2.35. The molecule has 43 heavy (non-hydrogen) atoms. The summed E-state index contributed by atoms with van der Waals surface area (Å²) in [6.07, 6.45) is -4.62. The second-order valence-corrected chi connectivity index (χ2v) is 13.4. The molecule has 0 saturated carbocycles. The van der Waals surface area contributed by atoms with E-state index in [-0.39, 0.29) is 22.9 Å². The normalized spacial score (nSPS) is 12.9. The standard InChI is InChI=1S/C31H35ClF3N3O4S/c1-6-26(29(40)36-30(3,4)5)37(19-22-13-11-10-12-21(22)2)28(39)20-38(43(41,42)24-14-8-7-9-15-24)27-18-23(31(33,34)35)16-17-25(27)32/h7-18,26H,6,19-20H2,1-5H3,(H,36,40)/t26-/m0/s1. The van der Waals surface area contributed by atoms with Gasteiger partial charge in [0.15, 0.2) is 0 Å². The van der Waals surface area contributed by atoms with Gasteiger partial charge in [0.05, 0.1) is 21.2 Å². The molecule has 7 nitrogen and oxygen atoms in total. The second-order valence-electron chi connectivity index (χ2n) is 11.1. The van der Waals surface area contributed by atoms with Gasteiger partial charge < -0.3 is 10.2 Å². The first-order chi connectivity index (χ1) is 20.0. The van der Waals surface area contributed by atoms with Crippen LogP contribution in [-0.4, -0.2) is 43.3 Å². The van der Waals surface area contributed by atoms with Gasteiger partial charge in [-0.1, -0.05) is 61.0 Å². The van der Waals surface area contributed by atoms with Crippen LogP contribution in [0.3, 0.4) is 0 Å². The monoisotopic (exact) mass is 637 g/mol. The van der Waals surface area contributed by atoms with E-state index in [9.17, 15) is 31.2 Å². The zero-order valence-electron chi connectivity index (χ0n) is 24.6. The number of aryl methyl sites for hydroxylation is 1. The number of nitrogens with zero attached hydrogens (tertiary/aromatic N) is 2. The average Bonchev–Trinajstić information content (AvgIpc) is 2.91. The van der Waals surface area contributed by atoms with Crippen LogP contribution in [0.5, 0.6) is 0 Å². The summed E-state index contributed by atoms with van der Waals surface area (Å²) in [5.74, 6) is -1.25. The summed E-state index contributed by atoms with van der Waals surface area (Å²) in [7, 11) is -4.60. The lowest BCUT2D eigenvalue weighted by molar-refractivity contribution is -0.141. The minimum atomic E-state index is -4.80. The molecule has 0 aromatic heterocycles. The average molecular weight is 638 g/mol. The summed E-state index contributed by atoms with van der Waals surface area (Å²) >= 11 is 6.30. The number of halogens is 4. The summed E-state index contributed by atoms with van der Waals surface area (Å²) < 4.78 is 69.5. The Morgan fingerprint density at radius 2 is 1.56 bits per heavy atom. The molecule has 0 radical (unpaired) electrons. The van der Waals surface area contributed by atoms with E-state index >= 15 is 0 Å². The van der Waals surface area contributed by atoms with E-state index in [1.807, 2.05) is 19.1 Å². The van der Waals surface area contributed by atoms with E-state index in [1.54, 1.807) is 45.9 Å². The number of rotatable bonds is 10. The summed E-state index contributed by atoms with van der Waals surface area (Å²) in [5, 5.41) is 2.57. The zero-order chi connectivity index (χ0) is 32.2. The first-order valence-electron chi connectivity index (χ1n) is 13.6. The number of hydrogen-bond donors (Lipinski definition) is 1. The van der Waals surface area contributed by atoms with Crippen LogP contribution >= 0.6 is 11.6 Å². The summed E-state index contributed by atoms with van der Waals surface area (Å²) in [5.41, 5.74) is -0.735. The molecule has 0 aliphatic carbocycles. The van der Waals surface area contributed by atoms with E-state index in [2.05, 4.69) is 5.32 Å². The largest absolute Gasteiger partial charge is 0.416 e. The molecule has 3 aromatic rings. The highest BCUT2D eigenvalue weighted by Crippen LogP contribution is 2.37. The Morgan fingerprint density at radius 3 is 2.12 bits per heavy atom. The fraction of sp³-hybridized carbons (Fsp3) is 0.355. The fourth-order valence-corrected chi connectivity index (χ4v) is 6.17. The number of anilines is 1. The smallest absolute Gasteiger partial charge is 0.350 e. The topological polar surface area (TPSA) is 86.8 Å². The van der Waals surface area contributed by atoms with Gasteiger partial charge in [0.2, 0.25) is 11.8 Å². The first-order valence-corrected chi connectivity index (χ1v) is 15.4. The molecule has 0 fully saturated rings. The van der Waals surface area contributed by atoms with Crippen LogP contribution in [0.2, 0.25) is 5.02 Å². The van der Waals surface area contributed by atoms with Gasteiger partial charge in [0.25, 0.3) is 10.0 Å². The molecule has 0 bridgehead atoms. The molecule has 0 saturated heterocycles. The predicted octanol–water partition coefficient (Wildman–Crippen LogP) is 6.58. The Labute approximate surface area is 255 Å². The van der Waals surface area contributed by atoms with E-state index < -0.39 is 57.4 Å². The Hall–Kier alpha value is -3.57. The van der Waals surface area contributed by atoms with Gasteiger partial charge in [-0.25, -0.2) is 8.42 Å². The summed E-state index contributed by atoms with van der Waals surface area (Å²) in [6, 6.07) is 15.5. The van der Waals surface area contributed by atoms with Crippen LogP contribution in [0.4, 0.5) is 18.9 Å². The Morgan fingerprint density at radius 1 is 0.953 bits per heavy atom. The molecule has 0 aliphatic rings. The van der Waals surface area contributed by atoms with Gasteiger partial charge in [-0.3, -0.25) is 13.9 Å². The van der Waals surface area contributed by atoms with Gasteiger partial charge in [0, 0.05) is 12.1 Å². The van der Waals surface area contributed by atoms with Crippen molar-refractivity contribution in [2.75, 3.05) is 10.8 Å². The predicted molar refractivity (Wildman–Crippen MR) is 161 cm³/mol. The Bertz CT molecular complexity index is 1560. The Balaban J connectivity index is 2.18. The molecule has 3 rings (SSSR count). The van der Waals surface area contributed by atoms with Gasteiger partial charge in [-0.2, -0.15) is 13.2 Å². The van der Waals surface area contributed by atoms with Crippen molar-refractivity contribution >= 4 is 39.1 Å². The molecule has 12 heteroatoms. The van der Waals surface area contributed by atoms with Crippen LogP contribution < -0.4 is 9.62 Å². The Kier molecular flexibility index (Phi) is 10.6. The molecule has 1 atom stereocenters. The minimum absolute atomic E-state index is 0.0445. The molecule has 3 aromatic carbocycles. The van der Waals surface area contributed by atoms with Crippen LogP contribution in [0.25, 0.3) is 0 Å². The van der Waals surface area contributed by atoms with Gasteiger partial charge >= 0.3 is 6.18 Å². The molecule has 2 amide bonds. The molecule has 232 valence electrons. The van der Waals surface area contributed by atoms with Crippen molar-refractivity contribution in [3.63, 3.8) is 0 Å². The minimum Gasteiger partial charge on any atom is -0.350 e. The number of benzene rings is 3. The fourth-order valence-electron chi connectivity index (χ4n) is 4.46. The lowest BCUT2D eigenvalue weighted by atomic mass is 10.0. The highest BCUT2D eigenvalue weighted by Gasteiger charge is 2.37. The van der Waals surface area contributed by atoms with Crippen molar-refractivity contribution in [3.8, 4) is 0 Å². The number of sulfonamides is 1. The van der Waals surface area contributed by atoms with Gasteiger partial charge in [-0.05, 0) is 75.6 Å². The lowest BCUT2D eigenvalue weighted by Crippen LogP contribution is -2.55. The van der Waals surface area contributed by atoms with Crippen molar-refractivity contribution in [2.45, 2.75) is 70.2 Å². The maximum atomic E-state index is 14.2. The van der Waals surface area contributed by atoms with Crippen molar-refractivity contribution < 1.29 is 31.2 Å². The molecular formula is C31H35ClF3N3O4S. The van der Waals surface area contributed by atoms with E-state index in [1.165, 1.54) is 29.2 Å². The van der Waals surface area contributed by atoms with Crippen LogP contribution in [0.15, 0.2) is 77.7 Å². The van der Waals surface area contributed by atoms with Crippen molar-refractivity contribution in [3.05, 3.63) is 94.5 Å². The molecule has 1 N–H and O–H groups in total. The molecule has 0 unspecified atom stereocenters. The number of nitrogens with one attached hydrogen (secondary N) is 1. The molecule has 0 spiro atoms. The van der Waals surface area contributed by atoms with Crippen molar-refractivity contribution in [1.29, 1.82) is 0 Å². The van der Waals surface area contributed by atoms with E-state index in [0.29, 0.717) is 15.9 Å². The number of amides is 2. The van der Waals surface area contributed by atoms with Crippen LogP contribution in [0.1, 0.15) is 50.8 Å². The highest BCUT2D eigenvalue weighted by molar-refractivity contribution is 7.92. The van der Waals surface area contributed by atoms with Gasteiger partial charge in [-0.15, -0.1) is 0 Å². The van der Waals surface area contributed by atoms with Gasteiger partial charge in [0.1, 0.15) is 12.6 Å². The first kappa shape index (κ1) is 33.9. The molecular weight excluding hydrogens is 603 g/mol. The third kappa shape index (κ3) is 8.51. The summed E-state index contributed by atoms with van der Waals surface area (Å²) in [4.78, 5) is 28.6. The molecule has 0 aliphatic heterocycles. The number of carbonyl (C=O) groups is 2. The van der Waals surface area contributed by atoms with Crippen molar-refractivity contribution in [2.24, 2.45) is 0 Å². The maximum Gasteiger partial charge on any atom is 0.416 e.